The fraction of sp³-hybridized carbons (Fsp3) is 0.933. The topological polar surface area (TPSA) is 78.9 Å². The minimum Gasteiger partial charge on any atom is -0.462 e. The maximum absolute atomic E-state index is 12.7. The predicted molar refractivity (Wildman–Crippen MR) is 215 cm³/mol. The van der Waals surface area contributed by atoms with Gasteiger partial charge in [-0.3, -0.25) is 14.4 Å². The summed E-state index contributed by atoms with van der Waals surface area (Å²) in [7, 11) is 0. The van der Waals surface area contributed by atoms with Crippen LogP contribution < -0.4 is 0 Å². The van der Waals surface area contributed by atoms with Crippen LogP contribution in [-0.2, 0) is 28.6 Å². The zero-order valence-electron chi connectivity index (χ0n) is 34.9. The van der Waals surface area contributed by atoms with Gasteiger partial charge in [-0.2, -0.15) is 0 Å². The SMILES string of the molecule is CCC(C)CCCCCCCCCCC(=O)O[C@@H](COC(=O)CCCCCCCCCCCC(C)C)COC(=O)CCCCCCCCC(C)C. The van der Waals surface area contributed by atoms with Gasteiger partial charge in [0.1, 0.15) is 13.2 Å². The molecule has 0 heterocycles. The summed E-state index contributed by atoms with van der Waals surface area (Å²) in [6.07, 6.45) is 32.4. The largest absolute Gasteiger partial charge is 0.462 e. The van der Waals surface area contributed by atoms with Gasteiger partial charge >= 0.3 is 17.9 Å². The highest BCUT2D eigenvalue weighted by atomic mass is 16.6. The number of esters is 3. The van der Waals surface area contributed by atoms with Gasteiger partial charge in [-0.05, 0) is 37.0 Å². The monoisotopic (exact) mass is 723 g/mol. The molecule has 0 aliphatic rings. The minimum atomic E-state index is -0.762. The van der Waals surface area contributed by atoms with Gasteiger partial charge < -0.3 is 14.2 Å². The fourth-order valence-electron chi connectivity index (χ4n) is 6.49. The molecule has 2 atom stereocenters. The normalized spacial score (nSPS) is 12.7. The smallest absolute Gasteiger partial charge is 0.306 e. The molecule has 0 aromatic heterocycles. The third-order valence-electron chi connectivity index (χ3n) is 10.3. The number of rotatable bonds is 38. The zero-order chi connectivity index (χ0) is 37.8. The van der Waals surface area contributed by atoms with E-state index in [2.05, 4.69) is 41.5 Å². The lowest BCUT2D eigenvalue weighted by atomic mass is 9.99. The van der Waals surface area contributed by atoms with Crippen LogP contribution >= 0.6 is 0 Å². The van der Waals surface area contributed by atoms with Gasteiger partial charge in [-0.1, -0.05) is 196 Å². The molecular weight excluding hydrogens is 636 g/mol. The van der Waals surface area contributed by atoms with Crippen molar-refractivity contribution in [2.75, 3.05) is 13.2 Å². The Hall–Kier alpha value is -1.59. The summed E-state index contributed by atoms with van der Waals surface area (Å²) in [5.74, 6) is 1.55. The van der Waals surface area contributed by atoms with Gasteiger partial charge in [-0.25, -0.2) is 0 Å². The minimum absolute atomic E-state index is 0.0674. The first-order chi connectivity index (χ1) is 24.6. The molecule has 0 saturated heterocycles. The Kier molecular flexibility index (Phi) is 35.6. The van der Waals surface area contributed by atoms with Crippen LogP contribution in [0.15, 0.2) is 0 Å². The van der Waals surface area contributed by atoms with E-state index in [0.717, 1.165) is 75.5 Å². The van der Waals surface area contributed by atoms with Crippen LogP contribution in [0.3, 0.4) is 0 Å². The molecule has 0 aliphatic carbocycles. The second-order valence-corrected chi connectivity index (χ2v) is 16.5. The average Bonchev–Trinajstić information content (AvgIpc) is 3.09. The van der Waals surface area contributed by atoms with E-state index in [1.54, 1.807) is 0 Å². The van der Waals surface area contributed by atoms with E-state index in [-0.39, 0.29) is 31.1 Å². The van der Waals surface area contributed by atoms with Gasteiger partial charge in [-0.15, -0.1) is 0 Å². The lowest BCUT2D eigenvalue weighted by Gasteiger charge is -2.18. The Bertz CT molecular complexity index is 794. The standard InChI is InChI=1S/C45H86O6/c1-7-41(6)33-27-21-14-11-12-16-24-30-36-45(48)51-42(38-50-44(47)35-29-23-18-17-20-26-32-40(4)5)37-49-43(46)34-28-22-15-10-8-9-13-19-25-31-39(2)3/h39-42H,7-38H2,1-6H3/t41?,42-/m0/s1. The Balaban J connectivity index is 4.36. The Labute approximate surface area is 317 Å². The van der Waals surface area contributed by atoms with Crippen LogP contribution in [0.25, 0.3) is 0 Å². The Morgan fingerprint density at radius 3 is 1.02 bits per heavy atom. The molecule has 0 saturated carbocycles. The van der Waals surface area contributed by atoms with Crippen LogP contribution in [-0.4, -0.2) is 37.2 Å². The molecule has 1 unspecified atom stereocenters. The number of ether oxygens (including phenoxy) is 3. The molecule has 6 heteroatoms. The van der Waals surface area contributed by atoms with Gasteiger partial charge in [0.15, 0.2) is 6.10 Å². The maximum Gasteiger partial charge on any atom is 0.306 e. The van der Waals surface area contributed by atoms with Crippen molar-refractivity contribution in [3.63, 3.8) is 0 Å². The average molecular weight is 723 g/mol. The lowest BCUT2D eigenvalue weighted by Crippen LogP contribution is -2.30. The number of unbranched alkanes of at least 4 members (excludes halogenated alkanes) is 20. The molecule has 0 aromatic carbocycles. The van der Waals surface area contributed by atoms with Crippen LogP contribution in [0.5, 0.6) is 0 Å². The van der Waals surface area contributed by atoms with Crippen molar-refractivity contribution in [2.24, 2.45) is 17.8 Å². The van der Waals surface area contributed by atoms with Crippen molar-refractivity contribution < 1.29 is 28.6 Å². The van der Waals surface area contributed by atoms with Crippen molar-refractivity contribution in [1.29, 1.82) is 0 Å². The second kappa shape index (κ2) is 36.8. The first kappa shape index (κ1) is 49.4. The van der Waals surface area contributed by atoms with E-state index >= 15 is 0 Å². The number of hydrogen-bond donors (Lipinski definition) is 0. The Morgan fingerprint density at radius 2 is 0.686 bits per heavy atom. The van der Waals surface area contributed by atoms with E-state index in [1.165, 1.54) is 116 Å². The van der Waals surface area contributed by atoms with Crippen LogP contribution in [0.2, 0.25) is 0 Å². The molecule has 0 spiro atoms. The van der Waals surface area contributed by atoms with Crippen molar-refractivity contribution in [1.82, 2.24) is 0 Å². The van der Waals surface area contributed by atoms with Gasteiger partial charge in [0.2, 0.25) is 0 Å². The highest BCUT2D eigenvalue weighted by molar-refractivity contribution is 5.71. The van der Waals surface area contributed by atoms with Crippen molar-refractivity contribution in [3.8, 4) is 0 Å². The third-order valence-corrected chi connectivity index (χ3v) is 10.3. The lowest BCUT2D eigenvalue weighted by molar-refractivity contribution is -0.167. The van der Waals surface area contributed by atoms with Crippen LogP contribution in [0.4, 0.5) is 0 Å². The van der Waals surface area contributed by atoms with E-state index in [9.17, 15) is 14.4 Å². The van der Waals surface area contributed by atoms with Gasteiger partial charge in [0, 0.05) is 19.3 Å². The summed E-state index contributed by atoms with van der Waals surface area (Å²) in [6.45, 7) is 13.6. The molecular formula is C45H86O6. The van der Waals surface area contributed by atoms with Crippen molar-refractivity contribution in [3.05, 3.63) is 0 Å². The summed E-state index contributed by atoms with van der Waals surface area (Å²) in [5, 5.41) is 0. The van der Waals surface area contributed by atoms with Crippen molar-refractivity contribution >= 4 is 17.9 Å². The van der Waals surface area contributed by atoms with E-state index < -0.39 is 6.10 Å². The summed E-state index contributed by atoms with van der Waals surface area (Å²) in [4.78, 5) is 37.6. The van der Waals surface area contributed by atoms with E-state index in [1.807, 2.05) is 0 Å². The number of carbonyl (C=O) groups is 3. The quantitative estimate of drug-likeness (QED) is 0.0359. The van der Waals surface area contributed by atoms with Crippen molar-refractivity contribution in [2.45, 2.75) is 240 Å². The first-order valence-corrected chi connectivity index (χ1v) is 22.1. The van der Waals surface area contributed by atoms with Crippen LogP contribution in [0.1, 0.15) is 234 Å². The molecule has 0 aliphatic heterocycles. The molecule has 0 N–H and O–H groups in total. The van der Waals surface area contributed by atoms with Gasteiger partial charge in [0.25, 0.3) is 0 Å². The predicted octanol–water partition coefficient (Wildman–Crippen LogP) is 13.7. The van der Waals surface area contributed by atoms with Crippen LogP contribution in [0, 0.1) is 17.8 Å². The van der Waals surface area contributed by atoms with E-state index in [4.69, 9.17) is 14.2 Å². The molecule has 0 fully saturated rings. The third kappa shape index (κ3) is 38.0. The molecule has 302 valence electrons. The highest BCUT2D eigenvalue weighted by Crippen LogP contribution is 2.17. The van der Waals surface area contributed by atoms with E-state index in [0.29, 0.717) is 19.3 Å². The summed E-state index contributed by atoms with van der Waals surface area (Å²) >= 11 is 0. The summed E-state index contributed by atoms with van der Waals surface area (Å²) < 4.78 is 16.7. The summed E-state index contributed by atoms with van der Waals surface area (Å²) in [5.41, 5.74) is 0. The molecule has 6 nitrogen and oxygen atoms in total. The number of hydrogen-bond acceptors (Lipinski definition) is 6. The molecule has 0 amide bonds. The highest BCUT2D eigenvalue weighted by Gasteiger charge is 2.19. The molecule has 0 aromatic rings. The molecule has 0 radical (unpaired) electrons. The molecule has 0 bridgehead atoms. The molecule has 51 heavy (non-hydrogen) atoms. The second-order valence-electron chi connectivity index (χ2n) is 16.5. The molecule has 0 rings (SSSR count). The Morgan fingerprint density at radius 1 is 0.392 bits per heavy atom. The zero-order valence-corrected chi connectivity index (χ0v) is 34.9. The first-order valence-electron chi connectivity index (χ1n) is 22.1. The number of carbonyl (C=O) groups excluding carboxylic acids is 3. The van der Waals surface area contributed by atoms with Gasteiger partial charge in [0.05, 0.1) is 0 Å². The summed E-state index contributed by atoms with van der Waals surface area (Å²) in [6, 6.07) is 0. The fourth-order valence-corrected chi connectivity index (χ4v) is 6.49. The maximum atomic E-state index is 12.7.